The van der Waals surface area contributed by atoms with Crippen LogP contribution in [-0.2, 0) is 11.3 Å². The van der Waals surface area contributed by atoms with Crippen LogP contribution in [0.3, 0.4) is 0 Å². The Hall–Kier alpha value is -2.53. The Balaban J connectivity index is 1.56. The topological polar surface area (TPSA) is 38.1 Å². The third-order valence-corrected chi connectivity index (χ3v) is 6.08. The van der Waals surface area contributed by atoms with Gasteiger partial charge in [-0.2, -0.15) is 0 Å². The van der Waals surface area contributed by atoms with Crippen molar-refractivity contribution in [2.45, 2.75) is 31.0 Å². The lowest BCUT2D eigenvalue weighted by molar-refractivity contribution is -0.129. The number of piperidine rings is 1. The van der Waals surface area contributed by atoms with E-state index in [1.54, 1.807) is 11.8 Å². The van der Waals surface area contributed by atoms with Crippen LogP contribution in [0.2, 0.25) is 0 Å². The van der Waals surface area contributed by atoms with E-state index in [9.17, 15) is 4.79 Å². The van der Waals surface area contributed by atoms with Crippen molar-refractivity contribution >= 4 is 17.7 Å². The monoisotopic (exact) mass is 391 g/mol. The molecule has 28 heavy (non-hydrogen) atoms. The van der Waals surface area contributed by atoms with Gasteiger partial charge in [0.1, 0.15) is 0 Å². The van der Waals surface area contributed by atoms with Gasteiger partial charge in [-0.25, -0.2) is 4.98 Å². The second kappa shape index (κ2) is 9.11. The predicted octanol–water partition coefficient (Wildman–Crippen LogP) is 4.70. The van der Waals surface area contributed by atoms with Gasteiger partial charge in [0.15, 0.2) is 5.16 Å². The van der Waals surface area contributed by atoms with Crippen molar-refractivity contribution in [1.29, 1.82) is 0 Å². The zero-order valence-electron chi connectivity index (χ0n) is 16.0. The highest BCUT2D eigenvalue weighted by Crippen LogP contribution is 2.27. The van der Waals surface area contributed by atoms with Crippen LogP contribution in [0, 0.1) is 0 Å². The summed E-state index contributed by atoms with van der Waals surface area (Å²) in [5, 5.41) is 0.896. The average Bonchev–Trinajstić information content (AvgIpc) is 3.16. The number of imidazole rings is 1. The number of aromatic nitrogens is 2. The normalized spacial score (nSPS) is 14.2. The van der Waals surface area contributed by atoms with E-state index in [-0.39, 0.29) is 5.91 Å². The largest absolute Gasteiger partial charge is 0.342 e. The first-order chi connectivity index (χ1) is 13.8. The lowest BCUT2D eigenvalue weighted by Gasteiger charge is -2.26. The third kappa shape index (κ3) is 4.47. The van der Waals surface area contributed by atoms with Gasteiger partial charge in [-0.3, -0.25) is 4.79 Å². The van der Waals surface area contributed by atoms with E-state index >= 15 is 0 Å². The van der Waals surface area contributed by atoms with Crippen molar-refractivity contribution in [2.24, 2.45) is 0 Å². The maximum Gasteiger partial charge on any atom is 0.233 e. The van der Waals surface area contributed by atoms with Crippen molar-refractivity contribution in [3.05, 3.63) is 72.4 Å². The van der Waals surface area contributed by atoms with E-state index in [0.29, 0.717) is 5.75 Å². The number of likely N-dealkylation sites (tertiary alicyclic amines) is 1. The minimum Gasteiger partial charge on any atom is -0.342 e. The van der Waals surface area contributed by atoms with Crippen molar-refractivity contribution in [3.8, 4) is 11.3 Å². The molecular weight excluding hydrogens is 366 g/mol. The van der Waals surface area contributed by atoms with E-state index < -0.39 is 0 Å². The van der Waals surface area contributed by atoms with Crippen LogP contribution >= 0.6 is 11.8 Å². The molecule has 0 spiro atoms. The van der Waals surface area contributed by atoms with Crippen molar-refractivity contribution in [3.63, 3.8) is 0 Å². The highest BCUT2D eigenvalue weighted by molar-refractivity contribution is 7.99. The molecule has 1 aliphatic rings. The fraction of sp³-hybridized carbons (Fsp3) is 0.304. The molecule has 0 saturated carbocycles. The molecule has 4 rings (SSSR count). The third-order valence-electron chi connectivity index (χ3n) is 5.11. The van der Waals surface area contributed by atoms with Gasteiger partial charge in [0.25, 0.3) is 0 Å². The zero-order chi connectivity index (χ0) is 19.2. The maximum atomic E-state index is 12.6. The van der Waals surface area contributed by atoms with Crippen LogP contribution in [0.4, 0.5) is 0 Å². The van der Waals surface area contributed by atoms with Gasteiger partial charge >= 0.3 is 0 Å². The lowest BCUT2D eigenvalue weighted by Crippen LogP contribution is -2.36. The number of carbonyl (C=O) groups excluding carboxylic acids is 1. The SMILES string of the molecule is O=C(CSc1ncc(-c2ccccc2)n1Cc1ccccc1)N1CCCCC1. The summed E-state index contributed by atoms with van der Waals surface area (Å²) >= 11 is 1.54. The summed E-state index contributed by atoms with van der Waals surface area (Å²) in [5.74, 6) is 0.667. The Morgan fingerprint density at radius 2 is 1.61 bits per heavy atom. The molecule has 3 aromatic rings. The zero-order valence-corrected chi connectivity index (χ0v) is 16.8. The van der Waals surface area contributed by atoms with Gasteiger partial charge in [0, 0.05) is 13.1 Å². The van der Waals surface area contributed by atoms with E-state index in [4.69, 9.17) is 0 Å². The Bertz CT molecular complexity index is 902. The predicted molar refractivity (Wildman–Crippen MR) is 114 cm³/mol. The number of amides is 1. The second-order valence-corrected chi connectivity index (χ2v) is 8.04. The van der Waals surface area contributed by atoms with Crippen molar-refractivity contribution in [1.82, 2.24) is 14.5 Å². The fourth-order valence-electron chi connectivity index (χ4n) is 3.59. The summed E-state index contributed by atoms with van der Waals surface area (Å²) in [6.07, 6.45) is 5.40. The van der Waals surface area contributed by atoms with Gasteiger partial charge in [-0.1, -0.05) is 72.4 Å². The first-order valence-corrected chi connectivity index (χ1v) is 10.9. The smallest absolute Gasteiger partial charge is 0.233 e. The van der Waals surface area contributed by atoms with Crippen LogP contribution < -0.4 is 0 Å². The van der Waals surface area contributed by atoms with Crippen LogP contribution in [0.15, 0.2) is 72.0 Å². The first kappa shape index (κ1) is 18.8. The number of carbonyl (C=O) groups is 1. The molecule has 0 aliphatic carbocycles. The first-order valence-electron chi connectivity index (χ1n) is 9.87. The van der Waals surface area contributed by atoms with Crippen LogP contribution in [-0.4, -0.2) is 39.2 Å². The molecule has 0 bridgehead atoms. The van der Waals surface area contributed by atoms with E-state index in [0.717, 1.165) is 48.9 Å². The summed E-state index contributed by atoms with van der Waals surface area (Å²) < 4.78 is 2.22. The van der Waals surface area contributed by atoms with Crippen LogP contribution in [0.5, 0.6) is 0 Å². The Morgan fingerprint density at radius 3 is 2.32 bits per heavy atom. The Labute approximate surface area is 170 Å². The molecule has 1 fully saturated rings. The lowest BCUT2D eigenvalue weighted by atomic mass is 10.1. The van der Waals surface area contributed by atoms with E-state index in [2.05, 4.69) is 45.9 Å². The molecular formula is C23H25N3OS. The summed E-state index contributed by atoms with van der Waals surface area (Å²) in [6, 6.07) is 20.7. The Morgan fingerprint density at radius 1 is 0.929 bits per heavy atom. The molecule has 2 heterocycles. The number of hydrogen-bond donors (Lipinski definition) is 0. The summed E-state index contributed by atoms with van der Waals surface area (Å²) in [4.78, 5) is 19.2. The quantitative estimate of drug-likeness (QED) is 0.572. The molecule has 0 N–H and O–H groups in total. The molecule has 1 aromatic heterocycles. The number of benzene rings is 2. The summed E-state index contributed by atoms with van der Waals surface area (Å²) in [5.41, 5.74) is 3.44. The standard InChI is InChI=1S/C23H25N3OS/c27-22(25-14-8-3-9-15-25)18-28-23-24-16-21(20-12-6-2-7-13-20)26(23)17-19-10-4-1-5-11-19/h1-2,4-7,10-13,16H,3,8-9,14-15,17-18H2. The van der Waals surface area contributed by atoms with Crippen LogP contribution in [0.1, 0.15) is 24.8 Å². The van der Waals surface area contributed by atoms with Gasteiger partial charge in [-0.05, 0) is 30.4 Å². The highest BCUT2D eigenvalue weighted by atomic mass is 32.2. The van der Waals surface area contributed by atoms with Crippen molar-refractivity contribution < 1.29 is 4.79 Å². The van der Waals surface area contributed by atoms with Gasteiger partial charge < -0.3 is 9.47 Å². The molecule has 1 amide bonds. The van der Waals surface area contributed by atoms with Gasteiger partial charge in [-0.15, -0.1) is 0 Å². The molecule has 0 unspecified atom stereocenters. The number of nitrogens with zero attached hydrogens (tertiary/aromatic N) is 3. The Kier molecular flexibility index (Phi) is 6.12. The molecule has 5 heteroatoms. The molecule has 4 nitrogen and oxygen atoms in total. The number of thioether (sulfide) groups is 1. The molecule has 1 saturated heterocycles. The van der Waals surface area contributed by atoms with Crippen LogP contribution in [0.25, 0.3) is 11.3 Å². The fourth-order valence-corrected chi connectivity index (χ4v) is 4.47. The van der Waals surface area contributed by atoms with E-state index in [1.807, 2.05) is 35.4 Å². The molecule has 2 aromatic carbocycles. The molecule has 1 aliphatic heterocycles. The van der Waals surface area contributed by atoms with E-state index in [1.165, 1.54) is 12.0 Å². The van der Waals surface area contributed by atoms with Gasteiger partial charge in [0.2, 0.25) is 5.91 Å². The maximum absolute atomic E-state index is 12.6. The number of rotatable bonds is 6. The summed E-state index contributed by atoms with van der Waals surface area (Å²) in [6.45, 7) is 2.53. The minimum atomic E-state index is 0.222. The summed E-state index contributed by atoms with van der Waals surface area (Å²) in [7, 11) is 0. The number of hydrogen-bond acceptors (Lipinski definition) is 3. The van der Waals surface area contributed by atoms with Gasteiger partial charge in [0.05, 0.1) is 24.2 Å². The van der Waals surface area contributed by atoms with Crippen molar-refractivity contribution in [2.75, 3.05) is 18.8 Å². The second-order valence-electron chi connectivity index (χ2n) is 7.09. The molecule has 144 valence electrons. The molecule has 0 radical (unpaired) electrons. The molecule has 0 atom stereocenters. The highest BCUT2D eigenvalue weighted by Gasteiger charge is 2.19. The average molecular weight is 392 g/mol. The minimum absolute atomic E-state index is 0.222.